The molecule has 0 aromatic carbocycles. The van der Waals surface area contributed by atoms with Crippen LogP contribution in [0.15, 0.2) is 17.5 Å². The Kier molecular flexibility index (Phi) is 3.61. The van der Waals surface area contributed by atoms with E-state index in [1.165, 1.54) is 9.40 Å². The van der Waals surface area contributed by atoms with Gasteiger partial charge in [-0.3, -0.25) is 4.79 Å². The van der Waals surface area contributed by atoms with Crippen LogP contribution in [0.5, 0.6) is 0 Å². The van der Waals surface area contributed by atoms with Gasteiger partial charge in [-0.05, 0) is 31.4 Å². The van der Waals surface area contributed by atoms with Gasteiger partial charge in [0.05, 0.1) is 4.88 Å². The number of amides is 1. The molecule has 1 unspecified atom stereocenters. The van der Waals surface area contributed by atoms with Gasteiger partial charge in [-0.1, -0.05) is 22.9 Å². The molecule has 2 aromatic rings. The highest BCUT2D eigenvalue weighted by molar-refractivity contribution is 9.09. The summed E-state index contributed by atoms with van der Waals surface area (Å²) in [5, 5.41) is 5.10. The number of carbonyl (C=O) groups is 1. The Bertz CT molecular complexity index is 513. The zero-order chi connectivity index (χ0) is 12.6. The molecule has 0 aliphatic rings. The van der Waals surface area contributed by atoms with E-state index in [0.717, 1.165) is 4.88 Å². The average Bonchev–Trinajstić information content (AvgIpc) is 2.74. The molecule has 17 heavy (non-hydrogen) atoms. The van der Waals surface area contributed by atoms with Crippen molar-refractivity contribution in [3.8, 4) is 0 Å². The molecule has 2 aromatic heterocycles. The molecule has 0 aliphatic heterocycles. The predicted molar refractivity (Wildman–Crippen MR) is 79.6 cm³/mol. The normalized spacial score (nSPS) is 13.9. The number of nitrogens with one attached hydrogen (secondary N) is 1. The number of rotatable bonds is 3. The van der Waals surface area contributed by atoms with E-state index in [2.05, 4.69) is 27.3 Å². The number of hydrogen-bond donors (Lipinski definition) is 1. The van der Waals surface area contributed by atoms with Crippen LogP contribution >= 0.6 is 38.6 Å². The second kappa shape index (κ2) is 4.71. The first-order valence-corrected chi connectivity index (χ1v) is 7.95. The number of alkyl halides is 1. The molecule has 5 heteroatoms. The van der Waals surface area contributed by atoms with E-state index in [1.54, 1.807) is 22.7 Å². The number of carbonyl (C=O) groups excluding carboxylic acids is 1. The van der Waals surface area contributed by atoms with Gasteiger partial charge in [-0.2, -0.15) is 0 Å². The van der Waals surface area contributed by atoms with E-state index in [4.69, 9.17) is 0 Å². The summed E-state index contributed by atoms with van der Waals surface area (Å²) in [6.45, 7) is 6.06. The van der Waals surface area contributed by atoms with Gasteiger partial charge in [-0.25, -0.2) is 0 Å². The minimum absolute atomic E-state index is 0.00898. The lowest BCUT2D eigenvalue weighted by Gasteiger charge is -2.28. The quantitative estimate of drug-likeness (QED) is 0.836. The van der Waals surface area contributed by atoms with E-state index in [9.17, 15) is 4.79 Å². The maximum absolute atomic E-state index is 12.1. The lowest BCUT2D eigenvalue weighted by molar-refractivity contribution is 0.0918. The van der Waals surface area contributed by atoms with E-state index >= 15 is 0 Å². The second-order valence-electron chi connectivity index (χ2n) is 4.55. The predicted octanol–water partition coefficient (Wildman–Crippen LogP) is 4.25. The van der Waals surface area contributed by atoms with Gasteiger partial charge in [0.15, 0.2) is 0 Å². The highest BCUT2D eigenvalue weighted by Gasteiger charge is 2.26. The second-order valence-corrected chi connectivity index (χ2v) is 7.96. The Hall–Kier alpha value is -0.390. The van der Waals surface area contributed by atoms with Crippen LogP contribution in [-0.4, -0.2) is 16.3 Å². The van der Waals surface area contributed by atoms with Gasteiger partial charge in [0.1, 0.15) is 0 Å². The van der Waals surface area contributed by atoms with Crippen molar-refractivity contribution in [2.45, 2.75) is 31.1 Å². The summed E-state index contributed by atoms with van der Waals surface area (Å²) in [5.74, 6) is 0.00898. The zero-order valence-electron chi connectivity index (χ0n) is 9.91. The summed E-state index contributed by atoms with van der Waals surface area (Å²) in [6, 6.07) is 4.02. The van der Waals surface area contributed by atoms with Crippen molar-refractivity contribution in [3.63, 3.8) is 0 Å². The molecule has 0 saturated carbocycles. The van der Waals surface area contributed by atoms with Crippen LogP contribution in [0.1, 0.15) is 30.4 Å². The van der Waals surface area contributed by atoms with Crippen molar-refractivity contribution in [2.24, 2.45) is 0 Å². The van der Waals surface area contributed by atoms with Crippen LogP contribution in [0, 0.1) is 0 Å². The molecule has 0 saturated heterocycles. The minimum atomic E-state index is -0.255. The van der Waals surface area contributed by atoms with Crippen molar-refractivity contribution >= 4 is 53.9 Å². The lowest BCUT2D eigenvalue weighted by atomic mass is 10.0. The van der Waals surface area contributed by atoms with E-state index in [0.29, 0.717) is 0 Å². The van der Waals surface area contributed by atoms with E-state index < -0.39 is 0 Å². The Morgan fingerprint density at radius 1 is 1.47 bits per heavy atom. The Morgan fingerprint density at radius 2 is 2.18 bits per heavy atom. The molecule has 2 heterocycles. The van der Waals surface area contributed by atoms with Crippen molar-refractivity contribution in [2.75, 3.05) is 0 Å². The molecule has 2 nitrogen and oxygen atoms in total. The van der Waals surface area contributed by atoms with Crippen LogP contribution in [0.4, 0.5) is 0 Å². The minimum Gasteiger partial charge on any atom is -0.345 e. The summed E-state index contributed by atoms with van der Waals surface area (Å²) in [5.41, 5.74) is -0.255. The first kappa shape index (κ1) is 13.1. The van der Waals surface area contributed by atoms with Gasteiger partial charge in [0.25, 0.3) is 5.91 Å². The van der Waals surface area contributed by atoms with E-state index in [1.807, 2.05) is 32.2 Å². The Labute approximate surface area is 117 Å². The van der Waals surface area contributed by atoms with Gasteiger partial charge in [0.2, 0.25) is 0 Å². The molecule has 1 N–H and O–H groups in total. The van der Waals surface area contributed by atoms with Gasteiger partial charge >= 0.3 is 0 Å². The third kappa shape index (κ3) is 2.72. The van der Waals surface area contributed by atoms with E-state index in [-0.39, 0.29) is 16.3 Å². The Balaban J connectivity index is 2.18. The number of thiophene rings is 2. The molecule has 0 bridgehead atoms. The van der Waals surface area contributed by atoms with Crippen molar-refractivity contribution in [1.82, 2.24) is 5.32 Å². The van der Waals surface area contributed by atoms with Gasteiger partial charge in [0, 0.05) is 19.8 Å². The molecule has 92 valence electrons. The van der Waals surface area contributed by atoms with Gasteiger partial charge < -0.3 is 5.32 Å². The fourth-order valence-electron chi connectivity index (χ4n) is 1.33. The molecule has 1 amide bonds. The van der Waals surface area contributed by atoms with Crippen LogP contribution in [-0.2, 0) is 0 Å². The fourth-order valence-corrected chi connectivity index (χ4v) is 3.45. The SMILES string of the molecule is CC(Br)C(C)(C)NC(=O)c1cc2sccc2s1. The van der Waals surface area contributed by atoms with Crippen molar-refractivity contribution in [1.29, 1.82) is 0 Å². The molecular weight excluding hydrogens is 318 g/mol. The van der Waals surface area contributed by atoms with Gasteiger partial charge in [-0.15, -0.1) is 22.7 Å². The first-order chi connectivity index (χ1) is 7.90. The molecule has 1 atom stereocenters. The number of fused-ring (bicyclic) bond motifs is 1. The number of hydrogen-bond acceptors (Lipinski definition) is 3. The summed E-state index contributed by atoms with van der Waals surface area (Å²) >= 11 is 6.73. The molecule has 0 aliphatic carbocycles. The smallest absolute Gasteiger partial charge is 0.261 e. The molecule has 2 rings (SSSR count). The number of halogens is 1. The van der Waals surface area contributed by atoms with Crippen molar-refractivity contribution in [3.05, 3.63) is 22.4 Å². The van der Waals surface area contributed by atoms with Crippen LogP contribution in [0.2, 0.25) is 0 Å². The monoisotopic (exact) mass is 331 g/mol. The largest absolute Gasteiger partial charge is 0.345 e. The van der Waals surface area contributed by atoms with Crippen LogP contribution in [0.25, 0.3) is 9.40 Å². The summed E-state index contributed by atoms with van der Waals surface area (Å²) in [7, 11) is 0. The maximum Gasteiger partial charge on any atom is 0.261 e. The molecule has 0 radical (unpaired) electrons. The maximum atomic E-state index is 12.1. The third-order valence-corrected chi connectivity index (χ3v) is 6.03. The molecule has 0 fully saturated rings. The van der Waals surface area contributed by atoms with Crippen molar-refractivity contribution < 1.29 is 4.79 Å². The van der Waals surface area contributed by atoms with Crippen LogP contribution < -0.4 is 5.32 Å². The third-order valence-electron chi connectivity index (χ3n) is 2.79. The van der Waals surface area contributed by atoms with Crippen LogP contribution in [0.3, 0.4) is 0 Å². The zero-order valence-corrected chi connectivity index (χ0v) is 13.1. The standard InChI is InChI=1S/C12H14BrNOS2/c1-7(13)12(2,3)14-11(15)10-6-9-8(17-10)4-5-16-9/h4-7H,1-3H3,(H,14,15). The molecular formula is C12H14BrNOS2. The summed E-state index contributed by atoms with van der Waals surface area (Å²) in [4.78, 5) is 13.1. The lowest BCUT2D eigenvalue weighted by Crippen LogP contribution is -2.48. The summed E-state index contributed by atoms with van der Waals surface area (Å²) < 4.78 is 2.37. The first-order valence-electron chi connectivity index (χ1n) is 5.34. The average molecular weight is 332 g/mol. The topological polar surface area (TPSA) is 29.1 Å². The fraction of sp³-hybridized carbons (Fsp3) is 0.417. The highest BCUT2D eigenvalue weighted by atomic mass is 79.9. The highest BCUT2D eigenvalue weighted by Crippen LogP contribution is 2.30. The molecule has 0 spiro atoms. The summed E-state index contributed by atoms with van der Waals surface area (Å²) in [6.07, 6.45) is 0. The Morgan fingerprint density at radius 3 is 2.76 bits per heavy atom.